The van der Waals surface area contributed by atoms with Crippen molar-refractivity contribution in [1.82, 2.24) is 0 Å². The van der Waals surface area contributed by atoms with Crippen LogP contribution in [0.1, 0.15) is 22.6 Å². The number of hydrogen-bond donors (Lipinski definition) is 1. The maximum absolute atomic E-state index is 5.82. The Labute approximate surface area is 109 Å². The van der Waals surface area contributed by atoms with Gasteiger partial charge in [0.2, 0.25) is 0 Å². The highest BCUT2D eigenvalue weighted by molar-refractivity contribution is 5.54. The van der Waals surface area contributed by atoms with Gasteiger partial charge in [-0.15, -0.1) is 0 Å². The highest BCUT2D eigenvalue weighted by atomic mass is 16.5. The van der Waals surface area contributed by atoms with Crippen LogP contribution in [0.4, 0.5) is 0 Å². The maximum atomic E-state index is 5.82. The van der Waals surface area contributed by atoms with Gasteiger partial charge in [0.1, 0.15) is 11.5 Å². The summed E-state index contributed by atoms with van der Waals surface area (Å²) in [5, 5.41) is 0. The fourth-order valence-corrected chi connectivity index (χ4v) is 2.16. The molecule has 4 nitrogen and oxygen atoms in total. The first-order valence-electron chi connectivity index (χ1n) is 6.01. The quantitative estimate of drug-likeness (QED) is 0.842. The van der Waals surface area contributed by atoms with Gasteiger partial charge in [-0.1, -0.05) is 0 Å². The minimum atomic E-state index is 0.109. The Balaban J connectivity index is 3.35. The van der Waals surface area contributed by atoms with Crippen molar-refractivity contribution in [2.24, 2.45) is 5.73 Å². The molecule has 0 aliphatic carbocycles. The lowest BCUT2D eigenvalue weighted by Crippen LogP contribution is -2.18. The lowest BCUT2D eigenvalue weighted by atomic mass is 9.93. The largest absolute Gasteiger partial charge is 0.496 e. The molecule has 0 saturated heterocycles. The molecule has 0 aromatic heterocycles. The summed E-state index contributed by atoms with van der Waals surface area (Å²) in [5.74, 6) is 1.84. The van der Waals surface area contributed by atoms with Crippen molar-refractivity contribution < 1.29 is 14.2 Å². The zero-order valence-corrected chi connectivity index (χ0v) is 11.9. The van der Waals surface area contributed by atoms with Gasteiger partial charge in [0, 0.05) is 25.1 Å². The van der Waals surface area contributed by atoms with Gasteiger partial charge < -0.3 is 19.9 Å². The smallest absolute Gasteiger partial charge is 0.125 e. The summed E-state index contributed by atoms with van der Waals surface area (Å²) >= 11 is 0. The molecule has 0 amide bonds. The first kappa shape index (κ1) is 14.8. The molecule has 0 aliphatic rings. The summed E-state index contributed by atoms with van der Waals surface area (Å²) in [6.45, 7) is 5.13. The van der Waals surface area contributed by atoms with E-state index >= 15 is 0 Å². The fourth-order valence-electron chi connectivity index (χ4n) is 2.16. The zero-order chi connectivity index (χ0) is 13.7. The summed E-state index contributed by atoms with van der Waals surface area (Å²) in [6, 6.07) is 2.00. The molecule has 4 heteroatoms. The molecule has 1 unspecified atom stereocenters. The number of benzene rings is 1. The predicted octanol–water partition coefficient (Wildman–Crippen LogP) is 2.01. The summed E-state index contributed by atoms with van der Waals surface area (Å²) in [4.78, 5) is 0. The lowest BCUT2D eigenvalue weighted by molar-refractivity contribution is 0.179. The summed E-state index contributed by atoms with van der Waals surface area (Å²) in [5.41, 5.74) is 9.03. The third-order valence-electron chi connectivity index (χ3n) is 3.34. The molecule has 1 aromatic carbocycles. The molecule has 0 spiro atoms. The molecule has 0 heterocycles. The van der Waals surface area contributed by atoms with Crippen molar-refractivity contribution in [3.8, 4) is 11.5 Å². The van der Waals surface area contributed by atoms with E-state index in [4.69, 9.17) is 19.9 Å². The molecular formula is C14H23NO3. The van der Waals surface area contributed by atoms with Crippen LogP contribution in [-0.2, 0) is 4.74 Å². The summed E-state index contributed by atoms with van der Waals surface area (Å²) in [7, 11) is 5.03. The molecule has 102 valence electrons. The Morgan fingerprint density at radius 2 is 1.78 bits per heavy atom. The van der Waals surface area contributed by atoms with Crippen LogP contribution in [-0.4, -0.2) is 34.5 Å². The van der Waals surface area contributed by atoms with Gasteiger partial charge in [0.25, 0.3) is 0 Å². The van der Waals surface area contributed by atoms with Crippen LogP contribution in [0.25, 0.3) is 0 Å². The van der Waals surface area contributed by atoms with Crippen molar-refractivity contribution in [1.29, 1.82) is 0 Å². The van der Waals surface area contributed by atoms with E-state index in [0.29, 0.717) is 13.2 Å². The summed E-state index contributed by atoms with van der Waals surface area (Å²) < 4.78 is 16.1. The second-order valence-electron chi connectivity index (χ2n) is 4.34. The monoisotopic (exact) mass is 253 g/mol. The second kappa shape index (κ2) is 6.61. The Morgan fingerprint density at radius 1 is 1.11 bits per heavy atom. The molecule has 1 atom stereocenters. The number of rotatable bonds is 6. The average molecular weight is 253 g/mol. The topological polar surface area (TPSA) is 53.7 Å². The van der Waals surface area contributed by atoms with Crippen molar-refractivity contribution in [3.63, 3.8) is 0 Å². The molecule has 0 aliphatic heterocycles. The molecule has 2 N–H and O–H groups in total. The van der Waals surface area contributed by atoms with E-state index in [1.807, 2.05) is 19.9 Å². The number of nitrogens with two attached hydrogens (primary N) is 1. The van der Waals surface area contributed by atoms with E-state index < -0.39 is 0 Å². The van der Waals surface area contributed by atoms with Crippen LogP contribution in [0, 0.1) is 13.8 Å². The van der Waals surface area contributed by atoms with Crippen molar-refractivity contribution in [2.75, 3.05) is 34.5 Å². The van der Waals surface area contributed by atoms with E-state index in [1.54, 1.807) is 21.3 Å². The number of ether oxygens (including phenoxy) is 3. The minimum absolute atomic E-state index is 0.109. The molecule has 0 saturated carbocycles. The van der Waals surface area contributed by atoms with E-state index in [2.05, 4.69) is 0 Å². The fraction of sp³-hybridized carbons (Fsp3) is 0.571. The third-order valence-corrected chi connectivity index (χ3v) is 3.34. The standard InChI is InChI=1S/C14H23NO3/c1-9-10(2)14(18-5)12(6-13(9)17-4)11(7-15)8-16-3/h6,11H,7-8,15H2,1-5H3. The van der Waals surface area contributed by atoms with Crippen LogP contribution in [0.2, 0.25) is 0 Å². The van der Waals surface area contributed by atoms with Crippen LogP contribution in [0.15, 0.2) is 6.07 Å². The molecule has 0 radical (unpaired) electrons. The molecule has 0 bridgehead atoms. The van der Waals surface area contributed by atoms with Crippen LogP contribution in [0.3, 0.4) is 0 Å². The Kier molecular flexibility index (Phi) is 5.44. The molecule has 1 aromatic rings. The number of methoxy groups -OCH3 is 3. The van der Waals surface area contributed by atoms with E-state index in [9.17, 15) is 0 Å². The normalized spacial score (nSPS) is 12.3. The van der Waals surface area contributed by atoms with Crippen molar-refractivity contribution in [3.05, 3.63) is 22.8 Å². The summed E-state index contributed by atoms with van der Waals surface area (Å²) in [6.07, 6.45) is 0. The van der Waals surface area contributed by atoms with Gasteiger partial charge >= 0.3 is 0 Å². The highest BCUT2D eigenvalue weighted by Crippen LogP contribution is 2.37. The highest BCUT2D eigenvalue weighted by Gasteiger charge is 2.20. The van der Waals surface area contributed by atoms with Gasteiger partial charge in [0.15, 0.2) is 0 Å². The van der Waals surface area contributed by atoms with Crippen molar-refractivity contribution >= 4 is 0 Å². The van der Waals surface area contributed by atoms with Gasteiger partial charge in [-0.2, -0.15) is 0 Å². The third kappa shape index (κ3) is 2.76. The first-order chi connectivity index (χ1) is 8.60. The second-order valence-corrected chi connectivity index (χ2v) is 4.34. The molecule has 0 fully saturated rings. The maximum Gasteiger partial charge on any atom is 0.125 e. The molecule has 1 rings (SSSR count). The predicted molar refractivity (Wildman–Crippen MR) is 72.7 cm³/mol. The van der Waals surface area contributed by atoms with Gasteiger partial charge in [-0.25, -0.2) is 0 Å². The lowest BCUT2D eigenvalue weighted by Gasteiger charge is -2.22. The minimum Gasteiger partial charge on any atom is -0.496 e. The van der Waals surface area contributed by atoms with Gasteiger partial charge in [-0.3, -0.25) is 0 Å². The molecular weight excluding hydrogens is 230 g/mol. The SMILES string of the molecule is COCC(CN)c1cc(OC)c(C)c(C)c1OC. The van der Waals surface area contributed by atoms with E-state index in [1.165, 1.54) is 0 Å². The molecule has 18 heavy (non-hydrogen) atoms. The van der Waals surface area contributed by atoms with E-state index in [-0.39, 0.29) is 5.92 Å². The van der Waals surface area contributed by atoms with Gasteiger partial charge in [-0.05, 0) is 31.0 Å². The van der Waals surface area contributed by atoms with Gasteiger partial charge in [0.05, 0.1) is 20.8 Å². The first-order valence-corrected chi connectivity index (χ1v) is 6.01. The zero-order valence-electron chi connectivity index (χ0n) is 11.9. The van der Waals surface area contributed by atoms with Crippen LogP contribution in [0.5, 0.6) is 11.5 Å². The number of hydrogen-bond acceptors (Lipinski definition) is 4. The van der Waals surface area contributed by atoms with Crippen molar-refractivity contribution in [2.45, 2.75) is 19.8 Å². The van der Waals surface area contributed by atoms with E-state index in [0.717, 1.165) is 28.2 Å². The average Bonchev–Trinajstić information content (AvgIpc) is 2.39. The van der Waals surface area contributed by atoms with Crippen LogP contribution >= 0.6 is 0 Å². The van der Waals surface area contributed by atoms with Crippen LogP contribution < -0.4 is 15.2 Å². The Bertz CT molecular complexity index is 405. The Hall–Kier alpha value is -1.26. The Morgan fingerprint density at radius 3 is 2.22 bits per heavy atom.